The van der Waals surface area contributed by atoms with E-state index in [0.717, 1.165) is 15.9 Å². The summed E-state index contributed by atoms with van der Waals surface area (Å²) < 4.78 is 6.49. The molecule has 2 aromatic rings. The Morgan fingerprint density at radius 1 is 1.33 bits per heavy atom. The number of halogens is 1. The number of likely N-dealkylation sites (N-methyl/N-ethyl adjacent to an activating group) is 1. The van der Waals surface area contributed by atoms with Gasteiger partial charge in [0.2, 0.25) is 0 Å². The van der Waals surface area contributed by atoms with Crippen LogP contribution in [0.2, 0.25) is 0 Å². The SMILES string of the molecule is Cc1ccccc1N(C)C(CN)c1occc1Br. The van der Waals surface area contributed by atoms with Gasteiger partial charge in [-0.1, -0.05) is 18.2 Å². The number of nitrogens with two attached hydrogens (primary N) is 1. The summed E-state index contributed by atoms with van der Waals surface area (Å²) in [5.41, 5.74) is 8.29. The third-order valence-corrected chi connectivity index (χ3v) is 3.79. The van der Waals surface area contributed by atoms with Gasteiger partial charge in [-0.15, -0.1) is 0 Å². The summed E-state index contributed by atoms with van der Waals surface area (Å²) >= 11 is 3.49. The maximum atomic E-state index is 5.90. The minimum Gasteiger partial charge on any atom is -0.466 e. The van der Waals surface area contributed by atoms with E-state index in [2.05, 4.69) is 39.9 Å². The lowest BCUT2D eigenvalue weighted by atomic mass is 10.1. The number of rotatable bonds is 4. The number of furan rings is 1. The molecule has 0 aliphatic carbocycles. The van der Waals surface area contributed by atoms with Gasteiger partial charge in [-0.2, -0.15) is 0 Å². The fraction of sp³-hybridized carbons (Fsp3) is 0.286. The second-order valence-electron chi connectivity index (χ2n) is 4.28. The molecule has 1 heterocycles. The van der Waals surface area contributed by atoms with E-state index >= 15 is 0 Å². The summed E-state index contributed by atoms with van der Waals surface area (Å²) in [6.45, 7) is 2.59. The first-order chi connectivity index (χ1) is 8.65. The molecule has 1 aromatic heterocycles. The normalized spacial score (nSPS) is 12.4. The maximum absolute atomic E-state index is 5.90. The van der Waals surface area contributed by atoms with Crippen LogP contribution in [0.4, 0.5) is 5.69 Å². The Hall–Kier alpha value is -1.26. The van der Waals surface area contributed by atoms with Crippen molar-refractivity contribution < 1.29 is 4.42 Å². The summed E-state index contributed by atoms with van der Waals surface area (Å²) in [5.74, 6) is 0.864. The number of benzene rings is 1. The molecule has 0 fully saturated rings. The van der Waals surface area contributed by atoms with Crippen LogP contribution in [0.5, 0.6) is 0 Å². The molecular formula is C14H17BrN2O. The largest absolute Gasteiger partial charge is 0.466 e. The van der Waals surface area contributed by atoms with Gasteiger partial charge < -0.3 is 15.1 Å². The Bertz CT molecular complexity index is 524. The van der Waals surface area contributed by atoms with Crippen LogP contribution in [0.25, 0.3) is 0 Å². The van der Waals surface area contributed by atoms with E-state index in [1.807, 2.05) is 25.2 Å². The molecular weight excluding hydrogens is 292 g/mol. The van der Waals surface area contributed by atoms with Crippen LogP contribution in [0, 0.1) is 6.92 Å². The number of aryl methyl sites for hydroxylation is 1. The van der Waals surface area contributed by atoms with E-state index < -0.39 is 0 Å². The fourth-order valence-electron chi connectivity index (χ4n) is 2.11. The van der Waals surface area contributed by atoms with Crippen molar-refractivity contribution in [1.29, 1.82) is 0 Å². The number of hydrogen-bond donors (Lipinski definition) is 1. The van der Waals surface area contributed by atoms with Crippen molar-refractivity contribution in [3.63, 3.8) is 0 Å². The summed E-state index contributed by atoms with van der Waals surface area (Å²) in [7, 11) is 2.04. The summed E-state index contributed by atoms with van der Waals surface area (Å²) in [6.07, 6.45) is 1.67. The van der Waals surface area contributed by atoms with Gasteiger partial charge in [0.15, 0.2) is 0 Å². The van der Waals surface area contributed by atoms with E-state index in [1.54, 1.807) is 6.26 Å². The van der Waals surface area contributed by atoms with Gasteiger partial charge in [0.1, 0.15) is 11.8 Å². The minimum atomic E-state index is 0.0236. The molecule has 2 rings (SSSR count). The lowest BCUT2D eigenvalue weighted by molar-refractivity contribution is 0.457. The van der Waals surface area contributed by atoms with Crippen molar-refractivity contribution in [2.45, 2.75) is 13.0 Å². The molecule has 1 unspecified atom stereocenters. The van der Waals surface area contributed by atoms with Gasteiger partial charge in [-0.05, 0) is 40.5 Å². The topological polar surface area (TPSA) is 42.4 Å². The first-order valence-corrected chi connectivity index (χ1v) is 6.66. The molecule has 2 N–H and O–H groups in total. The van der Waals surface area contributed by atoms with Crippen molar-refractivity contribution in [3.05, 3.63) is 52.4 Å². The predicted octanol–water partition coefficient (Wildman–Crippen LogP) is 3.49. The number of nitrogens with zero attached hydrogens (tertiary/aromatic N) is 1. The molecule has 0 amide bonds. The number of para-hydroxylation sites is 1. The van der Waals surface area contributed by atoms with E-state index in [-0.39, 0.29) is 6.04 Å². The van der Waals surface area contributed by atoms with Crippen molar-refractivity contribution in [3.8, 4) is 0 Å². The van der Waals surface area contributed by atoms with Gasteiger partial charge in [0.25, 0.3) is 0 Å². The highest BCUT2D eigenvalue weighted by atomic mass is 79.9. The third kappa shape index (κ3) is 2.44. The Morgan fingerprint density at radius 3 is 2.61 bits per heavy atom. The zero-order valence-corrected chi connectivity index (χ0v) is 12.1. The van der Waals surface area contributed by atoms with Crippen molar-refractivity contribution in [2.75, 3.05) is 18.5 Å². The van der Waals surface area contributed by atoms with E-state index in [0.29, 0.717) is 6.54 Å². The van der Waals surface area contributed by atoms with E-state index in [4.69, 9.17) is 10.2 Å². The average Bonchev–Trinajstić information content (AvgIpc) is 2.77. The highest BCUT2D eigenvalue weighted by Gasteiger charge is 2.22. The van der Waals surface area contributed by atoms with E-state index in [9.17, 15) is 0 Å². The van der Waals surface area contributed by atoms with Crippen molar-refractivity contribution >= 4 is 21.6 Å². The van der Waals surface area contributed by atoms with Crippen molar-refractivity contribution in [1.82, 2.24) is 0 Å². The van der Waals surface area contributed by atoms with Crippen LogP contribution < -0.4 is 10.6 Å². The zero-order chi connectivity index (χ0) is 13.1. The molecule has 1 atom stereocenters. The van der Waals surface area contributed by atoms with Gasteiger partial charge >= 0.3 is 0 Å². The van der Waals surface area contributed by atoms with Gasteiger partial charge in [-0.3, -0.25) is 0 Å². The van der Waals surface area contributed by atoms with Crippen LogP contribution in [0.15, 0.2) is 45.5 Å². The molecule has 1 aromatic carbocycles. The average molecular weight is 309 g/mol. The Labute approximate surface area is 116 Å². The maximum Gasteiger partial charge on any atom is 0.141 e. The molecule has 0 aliphatic rings. The van der Waals surface area contributed by atoms with Crippen LogP contribution in [0.1, 0.15) is 17.4 Å². The van der Waals surface area contributed by atoms with Crippen LogP contribution in [-0.2, 0) is 0 Å². The molecule has 4 heteroatoms. The first-order valence-electron chi connectivity index (χ1n) is 5.86. The van der Waals surface area contributed by atoms with Gasteiger partial charge in [-0.25, -0.2) is 0 Å². The molecule has 0 spiro atoms. The minimum absolute atomic E-state index is 0.0236. The molecule has 18 heavy (non-hydrogen) atoms. The molecule has 0 bridgehead atoms. The highest BCUT2D eigenvalue weighted by molar-refractivity contribution is 9.10. The molecule has 96 valence electrons. The summed E-state index contributed by atoms with van der Waals surface area (Å²) in [6, 6.07) is 10.2. The number of hydrogen-bond acceptors (Lipinski definition) is 3. The monoisotopic (exact) mass is 308 g/mol. The van der Waals surface area contributed by atoms with Crippen LogP contribution >= 0.6 is 15.9 Å². The second kappa shape index (κ2) is 5.59. The quantitative estimate of drug-likeness (QED) is 0.940. The van der Waals surface area contributed by atoms with Gasteiger partial charge in [0.05, 0.1) is 10.7 Å². The summed E-state index contributed by atoms with van der Waals surface area (Å²) in [5, 5.41) is 0. The molecule has 0 radical (unpaired) electrons. The fourth-order valence-corrected chi connectivity index (χ4v) is 2.58. The zero-order valence-electron chi connectivity index (χ0n) is 10.6. The molecule has 3 nitrogen and oxygen atoms in total. The Balaban J connectivity index is 2.35. The smallest absolute Gasteiger partial charge is 0.141 e. The molecule has 0 saturated heterocycles. The molecule has 0 aliphatic heterocycles. The summed E-state index contributed by atoms with van der Waals surface area (Å²) in [4.78, 5) is 2.15. The third-order valence-electron chi connectivity index (χ3n) is 3.13. The standard InChI is InChI=1S/C14H17BrN2O/c1-10-5-3-4-6-12(10)17(2)13(9-16)14-11(15)7-8-18-14/h3-8,13H,9,16H2,1-2H3. The Kier molecular flexibility index (Phi) is 4.09. The predicted molar refractivity (Wildman–Crippen MR) is 77.8 cm³/mol. The number of anilines is 1. The van der Waals surface area contributed by atoms with Crippen LogP contribution in [-0.4, -0.2) is 13.6 Å². The lowest BCUT2D eigenvalue weighted by Crippen LogP contribution is -2.30. The lowest BCUT2D eigenvalue weighted by Gasteiger charge is -2.29. The Morgan fingerprint density at radius 2 is 2.06 bits per heavy atom. The first kappa shape index (κ1) is 13.2. The van der Waals surface area contributed by atoms with Crippen LogP contribution in [0.3, 0.4) is 0 Å². The van der Waals surface area contributed by atoms with Gasteiger partial charge in [0, 0.05) is 19.3 Å². The van der Waals surface area contributed by atoms with E-state index in [1.165, 1.54) is 5.56 Å². The molecule has 0 saturated carbocycles. The highest BCUT2D eigenvalue weighted by Crippen LogP contribution is 2.31. The van der Waals surface area contributed by atoms with Crippen molar-refractivity contribution in [2.24, 2.45) is 5.73 Å². The second-order valence-corrected chi connectivity index (χ2v) is 5.14.